The predicted molar refractivity (Wildman–Crippen MR) is 254 cm³/mol. The van der Waals surface area contributed by atoms with Crippen molar-refractivity contribution in [3.8, 4) is 67.3 Å². The van der Waals surface area contributed by atoms with Crippen molar-refractivity contribution in [1.29, 1.82) is 0 Å². The smallest absolute Gasteiger partial charge is 0.160 e. The Labute approximate surface area is 360 Å². The summed E-state index contributed by atoms with van der Waals surface area (Å²) in [6.45, 7) is 0. The average molecular weight is 791 g/mol. The fourth-order valence-electron chi connectivity index (χ4n) is 9.87. The van der Waals surface area contributed by atoms with E-state index in [4.69, 9.17) is 14.4 Å². The fraction of sp³-hybridized carbons (Fsp3) is 0.0169. The van der Waals surface area contributed by atoms with E-state index < -0.39 is 5.41 Å². The van der Waals surface area contributed by atoms with Crippen LogP contribution in [0.1, 0.15) is 22.3 Å². The molecule has 0 spiro atoms. The molecule has 62 heavy (non-hydrogen) atoms. The molecule has 0 unspecified atom stereocenters. The van der Waals surface area contributed by atoms with E-state index in [0.717, 1.165) is 66.7 Å². The largest absolute Gasteiger partial charge is 0.456 e. The van der Waals surface area contributed by atoms with Crippen LogP contribution in [0, 0.1) is 0 Å². The summed E-state index contributed by atoms with van der Waals surface area (Å²) in [7, 11) is 0. The van der Waals surface area contributed by atoms with Crippen molar-refractivity contribution in [1.82, 2.24) is 9.97 Å². The maximum absolute atomic E-state index is 6.16. The highest BCUT2D eigenvalue weighted by molar-refractivity contribution is 6.06. The Bertz CT molecular complexity index is 3400. The molecule has 0 saturated heterocycles. The van der Waals surface area contributed by atoms with Gasteiger partial charge in [-0.3, -0.25) is 0 Å². The zero-order valence-electron chi connectivity index (χ0n) is 33.7. The van der Waals surface area contributed by atoms with Crippen LogP contribution in [0.2, 0.25) is 0 Å². The van der Waals surface area contributed by atoms with E-state index in [2.05, 4.69) is 212 Å². The van der Waals surface area contributed by atoms with Gasteiger partial charge in [-0.05, 0) is 79.9 Å². The maximum atomic E-state index is 6.16. The van der Waals surface area contributed by atoms with Gasteiger partial charge in [-0.15, -0.1) is 0 Å². The van der Waals surface area contributed by atoms with E-state index in [0.29, 0.717) is 5.82 Å². The monoisotopic (exact) mass is 790 g/mol. The minimum atomic E-state index is -0.576. The van der Waals surface area contributed by atoms with Gasteiger partial charge in [-0.1, -0.05) is 206 Å². The van der Waals surface area contributed by atoms with Gasteiger partial charge in [0.1, 0.15) is 11.2 Å². The van der Waals surface area contributed by atoms with Gasteiger partial charge >= 0.3 is 0 Å². The highest BCUT2D eigenvalue weighted by Crippen LogP contribution is 2.58. The second-order valence-electron chi connectivity index (χ2n) is 16.0. The molecule has 0 saturated carbocycles. The van der Waals surface area contributed by atoms with Crippen molar-refractivity contribution in [3.63, 3.8) is 0 Å². The molecule has 1 aliphatic carbocycles. The van der Waals surface area contributed by atoms with Crippen molar-refractivity contribution in [2.75, 3.05) is 0 Å². The highest BCUT2D eigenvalue weighted by Gasteiger charge is 2.47. The minimum Gasteiger partial charge on any atom is -0.456 e. The molecule has 0 bridgehead atoms. The predicted octanol–water partition coefficient (Wildman–Crippen LogP) is 15.1. The molecule has 0 atom stereocenters. The van der Waals surface area contributed by atoms with Crippen LogP contribution in [-0.2, 0) is 5.41 Å². The number of hydrogen-bond donors (Lipinski definition) is 0. The zero-order valence-corrected chi connectivity index (χ0v) is 33.7. The first-order valence-corrected chi connectivity index (χ1v) is 21.1. The Hall–Kier alpha value is -8.14. The lowest BCUT2D eigenvalue weighted by atomic mass is 9.66. The third-order valence-electron chi connectivity index (χ3n) is 12.6. The number of furan rings is 1. The van der Waals surface area contributed by atoms with Gasteiger partial charge in [-0.2, -0.15) is 0 Å². The number of aromatic nitrogens is 2. The van der Waals surface area contributed by atoms with Gasteiger partial charge in [0.05, 0.1) is 16.8 Å². The van der Waals surface area contributed by atoms with Crippen molar-refractivity contribution in [2.45, 2.75) is 5.41 Å². The number of benzene rings is 9. The molecule has 0 N–H and O–H groups in total. The summed E-state index contributed by atoms with van der Waals surface area (Å²) < 4.78 is 6.16. The maximum Gasteiger partial charge on any atom is 0.160 e. The SMILES string of the molecule is c1ccc(-c2nc(-c3ccc(-c4ccccc4-c4ccc5oc6ccccc6c5c4)cc3)cc(-c3cccc4c3C(c3ccccc3)(c3ccccc3)c3ccccc3-4)n2)cc1. The van der Waals surface area contributed by atoms with E-state index in [-0.39, 0.29) is 0 Å². The molecule has 0 radical (unpaired) electrons. The fourth-order valence-corrected chi connectivity index (χ4v) is 9.87. The van der Waals surface area contributed by atoms with Crippen molar-refractivity contribution in [2.24, 2.45) is 0 Å². The molecule has 290 valence electrons. The summed E-state index contributed by atoms with van der Waals surface area (Å²) in [6.07, 6.45) is 0. The summed E-state index contributed by atoms with van der Waals surface area (Å²) in [5.74, 6) is 0.688. The number of para-hydroxylation sites is 1. The minimum absolute atomic E-state index is 0.576. The lowest BCUT2D eigenvalue weighted by Crippen LogP contribution is -2.29. The van der Waals surface area contributed by atoms with Crippen LogP contribution in [0.4, 0.5) is 0 Å². The van der Waals surface area contributed by atoms with Crippen molar-refractivity contribution < 1.29 is 4.42 Å². The summed E-state index contributed by atoms with van der Waals surface area (Å²) in [5, 5.41) is 2.25. The Kier molecular flexibility index (Phi) is 8.39. The summed E-state index contributed by atoms with van der Waals surface area (Å²) in [6, 6.07) is 82.2. The van der Waals surface area contributed by atoms with E-state index in [9.17, 15) is 0 Å². The molecule has 0 amide bonds. The molecule has 3 heteroatoms. The molecular formula is C59H38N2O. The van der Waals surface area contributed by atoms with Gasteiger partial charge in [0.25, 0.3) is 0 Å². The van der Waals surface area contributed by atoms with Gasteiger partial charge in [0.2, 0.25) is 0 Å². The van der Waals surface area contributed by atoms with Gasteiger partial charge in [-0.25, -0.2) is 9.97 Å². The first kappa shape index (κ1) is 35.8. The van der Waals surface area contributed by atoms with Crippen LogP contribution in [-0.4, -0.2) is 9.97 Å². The van der Waals surface area contributed by atoms with Crippen LogP contribution in [0.3, 0.4) is 0 Å². The normalized spacial score (nSPS) is 12.6. The first-order valence-electron chi connectivity index (χ1n) is 21.1. The third kappa shape index (κ3) is 5.67. The average Bonchev–Trinajstić information content (AvgIpc) is 3.88. The topological polar surface area (TPSA) is 38.9 Å². The number of fused-ring (bicyclic) bond motifs is 6. The second-order valence-corrected chi connectivity index (χ2v) is 16.0. The molecule has 3 nitrogen and oxygen atoms in total. The zero-order chi connectivity index (χ0) is 41.0. The van der Waals surface area contributed by atoms with Gasteiger partial charge in [0.15, 0.2) is 5.82 Å². The Morgan fingerprint density at radius 3 is 1.60 bits per heavy atom. The van der Waals surface area contributed by atoms with Crippen LogP contribution in [0.25, 0.3) is 89.2 Å². The summed E-state index contributed by atoms with van der Waals surface area (Å²) in [4.78, 5) is 10.7. The standard InChI is InChI=1S/C59H38N2O/c1-4-17-41(18-5-1)58-60-53(40-33-31-39(32-34-40)45-23-10-11-24-46(45)42-35-36-56-51(37-42)48-26-13-15-30-55(48)62-56)38-54(61-58)50-28-16-27-49-47-25-12-14-29-52(47)59(57(49)50,43-19-6-2-7-20-43)44-21-8-3-9-22-44/h1-38H. The lowest BCUT2D eigenvalue weighted by molar-refractivity contribution is 0.669. The molecule has 1 aliphatic rings. The summed E-state index contributed by atoms with van der Waals surface area (Å²) in [5.41, 5.74) is 18.1. The van der Waals surface area contributed by atoms with E-state index in [1.54, 1.807) is 0 Å². The molecule has 9 aromatic carbocycles. The van der Waals surface area contributed by atoms with Crippen LogP contribution < -0.4 is 0 Å². The quantitative estimate of drug-likeness (QED) is 0.161. The molecule has 0 aliphatic heterocycles. The highest BCUT2D eigenvalue weighted by atomic mass is 16.3. The van der Waals surface area contributed by atoms with Crippen molar-refractivity contribution >= 4 is 21.9 Å². The molecule has 2 heterocycles. The molecule has 11 aromatic rings. The van der Waals surface area contributed by atoms with Crippen LogP contribution >= 0.6 is 0 Å². The van der Waals surface area contributed by atoms with Crippen molar-refractivity contribution in [3.05, 3.63) is 253 Å². The van der Waals surface area contributed by atoms with E-state index in [1.165, 1.54) is 38.9 Å². The van der Waals surface area contributed by atoms with Gasteiger partial charge < -0.3 is 4.42 Å². The summed E-state index contributed by atoms with van der Waals surface area (Å²) >= 11 is 0. The lowest BCUT2D eigenvalue weighted by Gasteiger charge is -2.35. The third-order valence-corrected chi connectivity index (χ3v) is 12.6. The van der Waals surface area contributed by atoms with E-state index >= 15 is 0 Å². The molecular weight excluding hydrogens is 753 g/mol. The molecule has 0 fully saturated rings. The second kappa shape index (κ2) is 14.5. The van der Waals surface area contributed by atoms with Crippen LogP contribution in [0.15, 0.2) is 235 Å². The van der Waals surface area contributed by atoms with E-state index in [1.807, 2.05) is 18.2 Å². The Balaban J connectivity index is 1.02. The Morgan fingerprint density at radius 2 is 0.855 bits per heavy atom. The van der Waals surface area contributed by atoms with Gasteiger partial charge in [0, 0.05) is 27.5 Å². The first-order chi connectivity index (χ1) is 30.7. The Morgan fingerprint density at radius 1 is 0.323 bits per heavy atom. The number of hydrogen-bond acceptors (Lipinski definition) is 3. The van der Waals surface area contributed by atoms with Crippen LogP contribution in [0.5, 0.6) is 0 Å². The number of rotatable bonds is 7. The number of nitrogens with zero attached hydrogens (tertiary/aromatic N) is 2. The molecule has 12 rings (SSSR count). The molecule has 2 aromatic heterocycles.